The van der Waals surface area contributed by atoms with E-state index in [1.54, 1.807) is 29.7 Å². The summed E-state index contributed by atoms with van der Waals surface area (Å²) in [5, 5.41) is 25.2. The highest BCUT2D eigenvalue weighted by Crippen LogP contribution is 2.12. The van der Waals surface area contributed by atoms with Crippen LogP contribution in [0.4, 0.5) is 0 Å². The van der Waals surface area contributed by atoms with E-state index in [9.17, 15) is 9.59 Å². The van der Waals surface area contributed by atoms with Gasteiger partial charge in [0.1, 0.15) is 0 Å². The number of aliphatic carboxylic acids is 1. The SMILES string of the molecule is O=C(O)C[C@H]1C=CC[C@H](NC(=O)/C(=N/O)c2cccs2)[B]O1. The van der Waals surface area contributed by atoms with Gasteiger partial charge >= 0.3 is 13.5 Å². The minimum absolute atomic E-state index is 0.0706. The Morgan fingerprint density at radius 1 is 1.55 bits per heavy atom. The molecule has 0 saturated carbocycles. The number of carbonyl (C=O) groups is 2. The number of oxime groups is 1. The molecule has 22 heavy (non-hydrogen) atoms. The summed E-state index contributed by atoms with van der Waals surface area (Å²) < 4.78 is 5.32. The van der Waals surface area contributed by atoms with Crippen LogP contribution in [0.15, 0.2) is 34.8 Å². The lowest BCUT2D eigenvalue weighted by atomic mass is 9.85. The summed E-state index contributed by atoms with van der Waals surface area (Å²) in [5.41, 5.74) is -0.0706. The number of carboxylic acids is 1. The number of hydrogen-bond acceptors (Lipinski definition) is 6. The topological polar surface area (TPSA) is 108 Å². The van der Waals surface area contributed by atoms with Crippen molar-refractivity contribution in [2.24, 2.45) is 5.16 Å². The number of carbonyl (C=O) groups excluding carboxylic acids is 1. The van der Waals surface area contributed by atoms with Crippen LogP contribution in [-0.4, -0.2) is 47.4 Å². The maximum Gasteiger partial charge on any atom is 0.317 e. The van der Waals surface area contributed by atoms with E-state index in [0.29, 0.717) is 11.3 Å². The van der Waals surface area contributed by atoms with Crippen molar-refractivity contribution >= 4 is 36.4 Å². The van der Waals surface area contributed by atoms with Gasteiger partial charge in [-0.3, -0.25) is 9.59 Å². The average molecular weight is 321 g/mol. The summed E-state index contributed by atoms with van der Waals surface area (Å²) in [7, 11) is 1.40. The molecular formula is C13H14BN2O5S. The van der Waals surface area contributed by atoms with Crippen LogP contribution in [0.1, 0.15) is 17.7 Å². The summed E-state index contributed by atoms with van der Waals surface area (Å²) in [5.74, 6) is -1.92. The van der Waals surface area contributed by atoms with Crippen molar-refractivity contribution in [3.05, 3.63) is 34.5 Å². The maximum absolute atomic E-state index is 12.1. The van der Waals surface area contributed by atoms with Gasteiger partial charge in [-0.25, -0.2) is 0 Å². The van der Waals surface area contributed by atoms with Crippen LogP contribution < -0.4 is 5.32 Å². The summed E-state index contributed by atoms with van der Waals surface area (Å²) in [6, 6.07) is 3.42. The monoisotopic (exact) mass is 321 g/mol. The maximum atomic E-state index is 12.1. The fourth-order valence-corrected chi connectivity index (χ4v) is 2.62. The summed E-state index contributed by atoms with van der Waals surface area (Å²) in [4.78, 5) is 23.3. The second-order valence-corrected chi connectivity index (χ2v) is 5.53. The Kier molecular flexibility index (Phi) is 5.73. The van der Waals surface area contributed by atoms with Gasteiger partial charge in [0.05, 0.1) is 17.4 Å². The van der Waals surface area contributed by atoms with E-state index in [1.165, 1.54) is 18.8 Å². The number of amides is 1. The molecule has 1 radical (unpaired) electrons. The fourth-order valence-electron chi connectivity index (χ4n) is 1.91. The van der Waals surface area contributed by atoms with Gasteiger partial charge in [-0.15, -0.1) is 11.3 Å². The average Bonchev–Trinajstić information content (AvgIpc) is 2.89. The van der Waals surface area contributed by atoms with Crippen molar-refractivity contribution < 1.29 is 24.6 Å². The molecule has 115 valence electrons. The van der Waals surface area contributed by atoms with E-state index in [1.807, 2.05) is 0 Å². The van der Waals surface area contributed by atoms with Crippen LogP contribution in [0.25, 0.3) is 0 Å². The van der Waals surface area contributed by atoms with Crippen molar-refractivity contribution in [2.75, 3.05) is 0 Å². The Morgan fingerprint density at radius 2 is 2.36 bits per heavy atom. The number of thiophene rings is 1. The Labute approximate surface area is 131 Å². The summed E-state index contributed by atoms with van der Waals surface area (Å²) >= 11 is 1.28. The zero-order valence-corrected chi connectivity index (χ0v) is 12.3. The molecule has 0 aromatic carbocycles. The molecule has 1 aliphatic rings. The van der Waals surface area contributed by atoms with E-state index < -0.39 is 23.9 Å². The zero-order valence-electron chi connectivity index (χ0n) is 11.5. The van der Waals surface area contributed by atoms with Crippen LogP contribution in [0.5, 0.6) is 0 Å². The van der Waals surface area contributed by atoms with Gasteiger partial charge in [0, 0.05) is 5.94 Å². The predicted molar refractivity (Wildman–Crippen MR) is 81.2 cm³/mol. The quantitative estimate of drug-likeness (QED) is 0.244. The molecule has 0 bridgehead atoms. The van der Waals surface area contributed by atoms with Gasteiger partial charge in [0.25, 0.3) is 5.91 Å². The number of rotatable bonds is 5. The molecule has 3 N–H and O–H groups in total. The van der Waals surface area contributed by atoms with Crippen LogP contribution in [-0.2, 0) is 14.2 Å². The molecule has 2 heterocycles. The molecule has 0 spiro atoms. The van der Waals surface area contributed by atoms with Crippen molar-refractivity contribution in [1.82, 2.24) is 5.32 Å². The highest BCUT2D eigenvalue weighted by Gasteiger charge is 2.24. The number of nitrogens with zero attached hydrogens (tertiary/aromatic N) is 1. The smallest absolute Gasteiger partial charge is 0.317 e. The standard InChI is InChI=1S/C13H14BN2O5S/c17-11(18)7-8-3-1-5-10(14-21-8)15-13(19)12(16-20)9-4-2-6-22-9/h1-4,6,8,10,20H,5,7H2,(H,15,19)(H,17,18)/b16-12+/t8-,10+/m1/s1. The number of nitrogens with one attached hydrogen (secondary N) is 1. The van der Waals surface area contributed by atoms with Crippen molar-refractivity contribution in [2.45, 2.75) is 24.9 Å². The molecule has 7 nitrogen and oxygen atoms in total. The van der Waals surface area contributed by atoms with Crippen LogP contribution in [0, 0.1) is 0 Å². The first kappa shape index (κ1) is 16.2. The lowest BCUT2D eigenvalue weighted by molar-refractivity contribution is -0.138. The molecule has 0 saturated heterocycles. The Balaban J connectivity index is 1.93. The van der Waals surface area contributed by atoms with Crippen LogP contribution >= 0.6 is 11.3 Å². The first-order valence-corrected chi connectivity index (χ1v) is 7.42. The molecule has 1 aliphatic heterocycles. The third kappa shape index (κ3) is 4.44. The largest absolute Gasteiger partial charge is 0.481 e. The van der Waals surface area contributed by atoms with Crippen molar-refractivity contribution in [3.8, 4) is 0 Å². The first-order chi connectivity index (χ1) is 10.6. The minimum Gasteiger partial charge on any atom is -0.481 e. The Morgan fingerprint density at radius 3 is 3.00 bits per heavy atom. The van der Waals surface area contributed by atoms with Crippen LogP contribution in [0.3, 0.4) is 0 Å². The minimum atomic E-state index is -0.960. The van der Waals surface area contributed by atoms with Crippen molar-refractivity contribution in [3.63, 3.8) is 0 Å². The van der Waals surface area contributed by atoms with Crippen LogP contribution in [0.2, 0.25) is 0 Å². The molecule has 0 fully saturated rings. The lowest BCUT2D eigenvalue weighted by Gasteiger charge is -2.16. The Hall–Kier alpha value is -2.13. The zero-order chi connectivity index (χ0) is 15.9. The van der Waals surface area contributed by atoms with E-state index in [-0.39, 0.29) is 12.1 Å². The molecular weight excluding hydrogens is 307 g/mol. The molecule has 0 unspecified atom stereocenters. The summed E-state index contributed by atoms with van der Waals surface area (Å²) in [6.45, 7) is 0. The van der Waals surface area contributed by atoms with Gasteiger partial charge in [0.15, 0.2) is 5.71 Å². The Bertz CT molecular complexity index is 587. The van der Waals surface area contributed by atoms with E-state index in [0.717, 1.165) is 0 Å². The summed E-state index contributed by atoms with van der Waals surface area (Å²) in [6.07, 6.45) is 3.17. The van der Waals surface area contributed by atoms with Gasteiger partial charge in [-0.1, -0.05) is 23.4 Å². The molecule has 1 aromatic heterocycles. The highest BCUT2D eigenvalue weighted by molar-refractivity contribution is 7.13. The van der Waals surface area contributed by atoms with Gasteiger partial charge in [0.2, 0.25) is 0 Å². The molecule has 0 aliphatic carbocycles. The van der Waals surface area contributed by atoms with E-state index >= 15 is 0 Å². The second-order valence-electron chi connectivity index (χ2n) is 4.58. The third-order valence-electron chi connectivity index (χ3n) is 2.92. The van der Waals surface area contributed by atoms with Gasteiger partial charge < -0.3 is 20.3 Å². The molecule has 9 heteroatoms. The fraction of sp³-hybridized carbons (Fsp3) is 0.308. The molecule has 1 amide bonds. The lowest BCUT2D eigenvalue weighted by Crippen LogP contribution is -2.43. The van der Waals surface area contributed by atoms with E-state index in [4.69, 9.17) is 15.0 Å². The van der Waals surface area contributed by atoms with Crippen molar-refractivity contribution in [1.29, 1.82) is 0 Å². The molecule has 2 atom stereocenters. The molecule has 1 aromatic rings. The number of hydrogen-bond donors (Lipinski definition) is 3. The van der Waals surface area contributed by atoms with Gasteiger partial charge in [-0.2, -0.15) is 0 Å². The third-order valence-corrected chi connectivity index (χ3v) is 3.80. The number of carboxylic acid groups (broad SMARTS) is 1. The molecule has 2 rings (SSSR count). The second kappa shape index (κ2) is 7.76. The normalized spacial score (nSPS) is 21.7. The highest BCUT2D eigenvalue weighted by atomic mass is 32.1. The first-order valence-electron chi connectivity index (χ1n) is 6.54. The predicted octanol–water partition coefficient (Wildman–Crippen LogP) is 0.808. The van der Waals surface area contributed by atoms with Gasteiger partial charge in [-0.05, 0) is 17.9 Å². The van der Waals surface area contributed by atoms with E-state index in [2.05, 4.69) is 10.5 Å².